The fourth-order valence-electron chi connectivity index (χ4n) is 3.56. The smallest absolute Gasteiger partial charge is 0.258 e. The van der Waals surface area contributed by atoms with Crippen molar-refractivity contribution in [3.8, 4) is 10.8 Å². The molecule has 1 aromatic carbocycles. The molecule has 32 heavy (non-hydrogen) atoms. The van der Waals surface area contributed by atoms with Crippen molar-refractivity contribution in [2.24, 2.45) is 0 Å². The molecule has 0 saturated heterocycles. The molecule has 1 aliphatic heterocycles. The third kappa shape index (κ3) is 4.32. The van der Waals surface area contributed by atoms with Crippen molar-refractivity contribution < 1.29 is 17.9 Å². The molecule has 1 N–H and O–H groups in total. The first-order valence-corrected chi connectivity index (χ1v) is 13.6. The van der Waals surface area contributed by atoms with Crippen LogP contribution in [0, 0.1) is 0 Å². The molecule has 0 fully saturated rings. The van der Waals surface area contributed by atoms with Crippen molar-refractivity contribution in [3.63, 3.8) is 0 Å². The lowest BCUT2D eigenvalue weighted by Gasteiger charge is -2.17. The highest BCUT2D eigenvalue weighted by Crippen LogP contribution is 2.39. The van der Waals surface area contributed by atoms with Crippen molar-refractivity contribution in [1.29, 1.82) is 0 Å². The van der Waals surface area contributed by atoms with E-state index in [2.05, 4.69) is 5.32 Å². The number of aromatic nitrogens is 1. The number of anilines is 1. The quantitative estimate of drug-likeness (QED) is 0.535. The van der Waals surface area contributed by atoms with Crippen LogP contribution in [0.1, 0.15) is 27.7 Å². The predicted molar refractivity (Wildman–Crippen MR) is 130 cm³/mol. The molecular formula is C22H25N3O4S3. The zero-order chi connectivity index (χ0) is 22.9. The van der Waals surface area contributed by atoms with Crippen LogP contribution in [0.5, 0.6) is 5.75 Å². The number of thiophene rings is 1. The third-order valence-electron chi connectivity index (χ3n) is 5.13. The fraction of sp³-hybridized carbons (Fsp3) is 0.318. The van der Waals surface area contributed by atoms with Crippen LogP contribution >= 0.6 is 23.1 Å². The minimum absolute atomic E-state index is 0.0246. The summed E-state index contributed by atoms with van der Waals surface area (Å²) in [5, 5.41) is 3.81. The van der Waals surface area contributed by atoms with Crippen LogP contribution in [-0.2, 0) is 22.2 Å². The summed E-state index contributed by atoms with van der Waals surface area (Å²) in [6.07, 6.45) is 4.70. The largest absolute Gasteiger partial charge is 0.492 e. The van der Waals surface area contributed by atoms with Gasteiger partial charge < -0.3 is 14.6 Å². The van der Waals surface area contributed by atoms with E-state index in [9.17, 15) is 13.2 Å². The molecule has 170 valence electrons. The first kappa shape index (κ1) is 22.9. The van der Waals surface area contributed by atoms with Gasteiger partial charge in [0.25, 0.3) is 5.91 Å². The lowest BCUT2D eigenvalue weighted by atomic mass is 10.1. The van der Waals surface area contributed by atoms with Crippen LogP contribution in [0.4, 0.5) is 5.69 Å². The number of benzene rings is 1. The zero-order valence-corrected chi connectivity index (χ0v) is 20.6. The molecular weight excluding hydrogens is 466 g/mol. The van der Waals surface area contributed by atoms with E-state index in [1.807, 2.05) is 40.9 Å². The van der Waals surface area contributed by atoms with Gasteiger partial charge in [-0.2, -0.15) is 11.8 Å². The summed E-state index contributed by atoms with van der Waals surface area (Å²) >= 11 is 3.51. The van der Waals surface area contributed by atoms with E-state index < -0.39 is 10.0 Å². The van der Waals surface area contributed by atoms with Gasteiger partial charge in [-0.1, -0.05) is 0 Å². The van der Waals surface area contributed by atoms with Crippen molar-refractivity contribution in [3.05, 3.63) is 58.7 Å². The number of fused-ring (bicyclic) bond motifs is 1. The highest BCUT2D eigenvalue weighted by molar-refractivity contribution is 7.98. The Labute approximate surface area is 196 Å². The summed E-state index contributed by atoms with van der Waals surface area (Å²) in [5.41, 5.74) is 2.15. The summed E-state index contributed by atoms with van der Waals surface area (Å²) in [6, 6.07) is 8.58. The highest BCUT2D eigenvalue weighted by atomic mass is 32.2. The Morgan fingerprint density at radius 1 is 1.25 bits per heavy atom. The maximum Gasteiger partial charge on any atom is 0.258 e. The Balaban J connectivity index is 1.73. The second-order valence-corrected chi connectivity index (χ2v) is 11.7. The van der Waals surface area contributed by atoms with Gasteiger partial charge in [0.2, 0.25) is 10.0 Å². The number of carbonyl (C=O) groups is 1. The Hall–Kier alpha value is -2.27. The molecule has 0 aliphatic carbocycles. The minimum atomic E-state index is -3.75. The van der Waals surface area contributed by atoms with Gasteiger partial charge in [-0.15, -0.1) is 11.3 Å². The summed E-state index contributed by atoms with van der Waals surface area (Å²) in [4.78, 5) is 14.7. The van der Waals surface area contributed by atoms with Gasteiger partial charge in [-0.3, -0.25) is 4.79 Å². The fourth-order valence-corrected chi connectivity index (χ4v) is 7.05. The number of ether oxygens (including phenoxy) is 1. The molecule has 7 nitrogen and oxygen atoms in total. The monoisotopic (exact) mass is 491 g/mol. The van der Waals surface area contributed by atoms with Gasteiger partial charge in [-0.25, -0.2) is 12.7 Å². The van der Waals surface area contributed by atoms with E-state index in [0.717, 1.165) is 32.8 Å². The van der Waals surface area contributed by atoms with Crippen LogP contribution in [0.3, 0.4) is 0 Å². The van der Waals surface area contributed by atoms with E-state index in [0.29, 0.717) is 17.9 Å². The standard InChI is InChI=1S/C22H25N3O4S3/c1-4-29-17-8-7-15(13-19(17)32(27,28)24(2)3)23-21(26)20-16-9-12-30-14-18(16)31-22(20)25-10-5-6-11-25/h5-8,10-11,13H,4,9,12,14H2,1-3H3,(H,23,26). The molecule has 0 spiro atoms. The molecule has 2 aromatic heterocycles. The molecule has 0 radical (unpaired) electrons. The number of nitrogens with zero attached hydrogens (tertiary/aromatic N) is 2. The maximum absolute atomic E-state index is 13.5. The molecule has 0 bridgehead atoms. The second-order valence-electron chi connectivity index (χ2n) is 7.41. The molecule has 1 aliphatic rings. The van der Waals surface area contributed by atoms with Crippen LogP contribution in [0.2, 0.25) is 0 Å². The summed E-state index contributed by atoms with van der Waals surface area (Å²) < 4.78 is 34.3. The van der Waals surface area contributed by atoms with Gasteiger partial charge in [0, 0.05) is 42.8 Å². The molecule has 0 atom stereocenters. The first-order chi connectivity index (χ1) is 15.3. The molecule has 1 amide bonds. The van der Waals surface area contributed by atoms with E-state index in [-0.39, 0.29) is 16.6 Å². The van der Waals surface area contributed by atoms with Gasteiger partial charge in [0.05, 0.1) is 12.2 Å². The van der Waals surface area contributed by atoms with Crippen molar-refractivity contribution in [2.45, 2.75) is 24.0 Å². The first-order valence-electron chi connectivity index (χ1n) is 10.2. The topological polar surface area (TPSA) is 80.6 Å². The predicted octanol–water partition coefficient (Wildman–Crippen LogP) is 4.23. The number of carbonyl (C=O) groups excluding carboxylic acids is 1. The molecule has 0 saturated carbocycles. The normalized spacial score (nSPS) is 13.8. The Morgan fingerprint density at radius 2 is 2.00 bits per heavy atom. The molecule has 10 heteroatoms. The zero-order valence-electron chi connectivity index (χ0n) is 18.1. The molecule has 3 heterocycles. The van der Waals surface area contributed by atoms with E-state index in [4.69, 9.17) is 4.74 Å². The minimum Gasteiger partial charge on any atom is -0.492 e. The van der Waals surface area contributed by atoms with Crippen molar-refractivity contribution >= 4 is 44.7 Å². The average molecular weight is 492 g/mol. The number of amides is 1. The number of rotatable bonds is 7. The summed E-state index contributed by atoms with van der Waals surface area (Å²) in [7, 11) is -0.812. The van der Waals surface area contributed by atoms with Crippen LogP contribution in [0.15, 0.2) is 47.6 Å². The van der Waals surface area contributed by atoms with Crippen molar-refractivity contribution in [1.82, 2.24) is 8.87 Å². The van der Waals surface area contributed by atoms with E-state index >= 15 is 0 Å². The number of nitrogens with one attached hydrogen (secondary N) is 1. The number of sulfonamides is 1. The lowest BCUT2D eigenvalue weighted by molar-refractivity contribution is 0.102. The molecule has 0 unspecified atom stereocenters. The molecule has 3 aromatic rings. The lowest BCUT2D eigenvalue weighted by Crippen LogP contribution is -2.23. The Bertz CT molecular complexity index is 1230. The second kappa shape index (κ2) is 9.30. The van der Waals surface area contributed by atoms with Crippen molar-refractivity contribution in [2.75, 3.05) is 31.8 Å². The van der Waals surface area contributed by atoms with Gasteiger partial charge in [0.15, 0.2) is 0 Å². The molecule has 4 rings (SSSR count). The van der Waals surface area contributed by atoms with Gasteiger partial charge >= 0.3 is 0 Å². The summed E-state index contributed by atoms with van der Waals surface area (Å²) in [5.74, 6) is 1.90. The van der Waals surface area contributed by atoms with Gasteiger partial charge in [-0.05, 0) is 55.0 Å². The van der Waals surface area contributed by atoms with Crippen LogP contribution in [0.25, 0.3) is 5.00 Å². The highest BCUT2D eigenvalue weighted by Gasteiger charge is 2.28. The Kier molecular flexibility index (Phi) is 6.66. The van der Waals surface area contributed by atoms with Crippen LogP contribution < -0.4 is 10.1 Å². The Morgan fingerprint density at radius 3 is 2.69 bits per heavy atom. The third-order valence-corrected chi connectivity index (χ3v) is 9.38. The average Bonchev–Trinajstić information content (AvgIpc) is 3.42. The van der Waals surface area contributed by atoms with E-state index in [1.54, 1.807) is 30.4 Å². The van der Waals surface area contributed by atoms with Crippen LogP contribution in [-0.4, -0.2) is 49.7 Å². The SMILES string of the molecule is CCOc1ccc(NC(=O)c2c(-n3cccc3)sc3c2CCSC3)cc1S(=O)(=O)N(C)C. The maximum atomic E-state index is 13.5. The number of thioether (sulfide) groups is 1. The van der Waals surface area contributed by atoms with E-state index in [1.165, 1.54) is 25.0 Å². The number of hydrogen-bond acceptors (Lipinski definition) is 6. The number of hydrogen-bond donors (Lipinski definition) is 1. The van der Waals surface area contributed by atoms with Gasteiger partial charge in [0.1, 0.15) is 15.6 Å². The summed E-state index contributed by atoms with van der Waals surface area (Å²) in [6.45, 7) is 2.13.